The van der Waals surface area contributed by atoms with Crippen LogP contribution in [0, 0.1) is 21.7 Å². The average Bonchev–Trinajstić information content (AvgIpc) is 2.54. The van der Waals surface area contributed by atoms with E-state index in [0.717, 1.165) is 6.07 Å². The Hall–Kier alpha value is -2.64. The van der Waals surface area contributed by atoms with Gasteiger partial charge in [0.1, 0.15) is 11.6 Å². The Labute approximate surface area is 137 Å². The summed E-state index contributed by atoms with van der Waals surface area (Å²) >= 11 is 0. The van der Waals surface area contributed by atoms with Crippen LogP contribution in [0.1, 0.15) is 17.2 Å². The van der Waals surface area contributed by atoms with Crippen molar-refractivity contribution in [2.45, 2.75) is 6.10 Å². The number of aliphatic hydroxyl groups is 1. The maximum Gasteiger partial charge on any atom is 0.276 e. The molecule has 0 radical (unpaired) electrons. The number of nitro benzene ring substituents is 1. The Balaban J connectivity index is 1.88. The zero-order valence-corrected chi connectivity index (χ0v) is 12.7. The maximum absolute atomic E-state index is 13.5. The first kappa shape index (κ1) is 17.7. The van der Waals surface area contributed by atoms with Gasteiger partial charge in [-0.05, 0) is 12.1 Å². The first-order valence-electron chi connectivity index (χ1n) is 7.22. The van der Waals surface area contributed by atoms with E-state index in [2.05, 4.69) is 5.32 Å². The van der Waals surface area contributed by atoms with Gasteiger partial charge in [-0.15, -0.1) is 0 Å². The molecule has 0 amide bonds. The number of hydrogen-bond acceptors (Lipinski definition) is 4. The van der Waals surface area contributed by atoms with Gasteiger partial charge in [0.2, 0.25) is 0 Å². The minimum absolute atomic E-state index is 0.00201. The highest BCUT2D eigenvalue weighted by Crippen LogP contribution is 2.19. The van der Waals surface area contributed by atoms with Crippen molar-refractivity contribution in [3.8, 4) is 0 Å². The second-order valence-electron chi connectivity index (χ2n) is 5.06. The Morgan fingerprint density at radius 3 is 2.71 bits per heavy atom. The van der Waals surface area contributed by atoms with Crippen LogP contribution in [-0.4, -0.2) is 23.1 Å². The number of nitrogens with zero attached hydrogens (tertiary/aromatic N) is 1. The number of halogens is 2. The summed E-state index contributed by atoms with van der Waals surface area (Å²) in [5, 5.41) is 23.6. The zero-order chi connectivity index (χ0) is 17.5. The number of nitro groups is 1. The standard InChI is InChI=1S/C17H16F2N2O3/c18-13-7-8-14(15(19)10-13)17(22)11-20-9-3-5-12-4-1-2-6-16(12)21(23)24/h1-8,10,17,20,22H,9,11H2. The van der Waals surface area contributed by atoms with E-state index in [1.807, 2.05) is 0 Å². The van der Waals surface area contributed by atoms with Crippen molar-refractivity contribution in [1.29, 1.82) is 0 Å². The number of rotatable bonds is 7. The molecule has 7 heteroatoms. The van der Waals surface area contributed by atoms with Crippen LogP contribution in [0.3, 0.4) is 0 Å². The largest absolute Gasteiger partial charge is 0.387 e. The first-order valence-corrected chi connectivity index (χ1v) is 7.22. The molecule has 0 heterocycles. The fourth-order valence-electron chi connectivity index (χ4n) is 2.17. The SMILES string of the molecule is O=[N+]([O-])c1ccccc1C=CCNCC(O)c1ccc(F)cc1F. The van der Waals surface area contributed by atoms with Crippen LogP contribution in [0.5, 0.6) is 0 Å². The molecular weight excluding hydrogens is 318 g/mol. The van der Waals surface area contributed by atoms with Crippen LogP contribution < -0.4 is 5.32 Å². The third-order valence-electron chi connectivity index (χ3n) is 3.35. The number of nitrogens with one attached hydrogen (secondary N) is 1. The van der Waals surface area contributed by atoms with Gasteiger partial charge in [-0.1, -0.05) is 30.4 Å². The van der Waals surface area contributed by atoms with E-state index in [1.165, 1.54) is 12.1 Å². The van der Waals surface area contributed by atoms with Gasteiger partial charge in [0, 0.05) is 30.8 Å². The molecule has 0 aliphatic carbocycles. The summed E-state index contributed by atoms with van der Waals surface area (Å²) in [5.41, 5.74) is 0.475. The van der Waals surface area contributed by atoms with Crippen LogP contribution in [0.2, 0.25) is 0 Å². The molecular formula is C17H16F2N2O3. The van der Waals surface area contributed by atoms with E-state index in [9.17, 15) is 24.0 Å². The summed E-state index contributed by atoms with van der Waals surface area (Å²) in [4.78, 5) is 10.4. The number of aliphatic hydroxyl groups excluding tert-OH is 1. The lowest BCUT2D eigenvalue weighted by molar-refractivity contribution is -0.385. The average molecular weight is 334 g/mol. The van der Waals surface area contributed by atoms with Crippen LogP contribution in [-0.2, 0) is 0 Å². The lowest BCUT2D eigenvalue weighted by Crippen LogP contribution is -2.22. The van der Waals surface area contributed by atoms with E-state index < -0.39 is 22.7 Å². The summed E-state index contributed by atoms with van der Waals surface area (Å²) in [5.74, 6) is -1.51. The maximum atomic E-state index is 13.5. The minimum Gasteiger partial charge on any atom is -0.387 e. The fourth-order valence-corrected chi connectivity index (χ4v) is 2.17. The molecule has 2 aromatic rings. The van der Waals surface area contributed by atoms with Crippen molar-refractivity contribution in [2.24, 2.45) is 0 Å². The van der Waals surface area contributed by atoms with Gasteiger partial charge in [0.25, 0.3) is 5.69 Å². The smallest absolute Gasteiger partial charge is 0.276 e. The highest BCUT2D eigenvalue weighted by atomic mass is 19.1. The Morgan fingerprint density at radius 1 is 1.25 bits per heavy atom. The molecule has 5 nitrogen and oxygen atoms in total. The summed E-state index contributed by atoms with van der Waals surface area (Å²) in [6.45, 7) is 0.385. The number of para-hydroxylation sites is 1. The first-order chi connectivity index (χ1) is 11.5. The van der Waals surface area contributed by atoms with Gasteiger partial charge in [0.15, 0.2) is 0 Å². The van der Waals surface area contributed by atoms with Crippen molar-refractivity contribution in [2.75, 3.05) is 13.1 Å². The molecule has 0 saturated carbocycles. The molecule has 1 atom stereocenters. The van der Waals surface area contributed by atoms with Crippen molar-refractivity contribution in [3.05, 3.63) is 81.4 Å². The normalized spacial score (nSPS) is 12.5. The van der Waals surface area contributed by atoms with Crippen molar-refractivity contribution >= 4 is 11.8 Å². The molecule has 1 unspecified atom stereocenters. The molecule has 126 valence electrons. The second kappa shape index (κ2) is 8.28. The minimum atomic E-state index is -1.12. The molecule has 2 rings (SSSR count). The van der Waals surface area contributed by atoms with E-state index in [-0.39, 0.29) is 17.8 Å². The van der Waals surface area contributed by atoms with Crippen LogP contribution in [0.25, 0.3) is 6.08 Å². The molecule has 0 bridgehead atoms. The second-order valence-corrected chi connectivity index (χ2v) is 5.06. The number of benzene rings is 2. The highest BCUT2D eigenvalue weighted by Gasteiger charge is 2.13. The van der Waals surface area contributed by atoms with E-state index in [1.54, 1.807) is 30.4 Å². The lowest BCUT2D eigenvalue weighted by Gasteiger charge is -2.12. The fraction of sp³-hybridized carbons (Fsp3) is 0.176. The zero-order valence-electron chi connectivity index (χ0n) is 12.7. The Kier molecular flexibility index (Phi) is 6.11. The predicted octanol–water partition coefficient (Wildman–Crippen LogP) is 3.21. The third kappa shape index (κ3) is 4.68. The molecule has 0 spiro atoms. The summed E-state index contributed by atoms with van der Waals surface area (Å²) in [6.07, 6.45) is 2.14. The Bertz CT molecular complexity index is 750. The van der Waals surface area contributed by atoms with Crippen LogP contribution in [0.4, 0.5) is 14.5 Å². The molecule has 24 heavy (non-hydrogen) atoms. The molecule has 2 N–H and O–H groups in total. The van der Waals surface area contributed by atoms with Gasteiger partial charge in [-0.2, -0.15) is 0 Å². The molecule has 0 aliphatic heterocycles. The monoisotopic (exact) mass is 334 g/mol. The van der Waals surface area contributed by atoms with E-state index in [0.29, 0.717) is 18.2 Å². The molecule has 0 saturated heterocycles. The van der Waals surface area contributed by atoms with Gasteiger partial charge in [-0.25, -0.2) is 8.78 Å². The van der Waals surface area contributed by atoms with Gasteiger partial charge >= 0.3 is 0 Å². The summed E-state index contributed by atoms with van der Waals surface area (Å²) < 4.78 is 26.3. The predicted molar refractivity (Wildman–Crippen MR) is 86.3 cm³/mol. The molecule has 2 aromatic carbocycles. The molecule has 0 fully saturated rings. The van der Waals surface area contributed by atoms with Gasteiger partial charge < -0.3 is 10.4 Å². The highest BCUT2D eigenvalue weighted by molar-refractivity contribution is 5.60. The van der Waals surface area contributed by atoms with Crippen LogP contribution in [0.15, 0.2) is 48.5 Å². The van der Waals surface area contributed by atoms with E-state index >= 15 is 0 Å². The third-order valence-corrected chi connectivity index (χ3v) is 3.35. The van der Waals surface area contributed by atoms with Crippen LogP contribution >= 0.6 is 0 Å². The van der Waals surface area contributed by atoms with Gasteiger partial charge in [-0.3, -0.25) is 10.1 Å². The topological polar surface area (TPSA) is 75.4 Å². The van der Waals surface area contributed by atoms with Crippen molar-refractivity contribution in [3.63, 3.8) is 0 Å². The lowest BCUT2D eigenvalue weighted by atomic mass is 10.1. The summed E-state index contributed by atoms with van der Waals surface area (Å²) in [6, 6.07) is 9.30. The quantitative estimate of drug-likeness (QED) is 0.463. The van der Waals surface area contributed by atoms with Crippen molar-refractivity contribution < 1.29 is 18.8 Å². The van der Waals surface area contributed by atoms with Crippen molar-refractivity contribution in [1.82, 2.24) is 5.32 Å². The molecule has 0 aliphatic rings. The Morgan fingerprint density at radius 2 is 2.00 bits per heavy atom. The van der Waals surface area contributed by atoms with Gasteiger partial charge in [0.05, 0.1) is 16.6 Å². The summed E-state index contributed by atoms with van der Waals surface area (Å²) in [7, 11) is 0. The van der Waals surface area contributed by atoms with E-state index in [4.69, 9.17) is 0 Å². The number of hydrogen-bond donors (Lipinski definition) is 2. The molecule has 0 aromatic heterocycles.